The third-order valence-electron chi connectivity index (χ3n) is 5.68. The first-order valence-corrected chi connectivity index (χ1v) is 11.9. The highest BCUT2D eigenvalue weighted by atomic mass is 32.2. The first-order chi connectivity index (χ1) is 16.0. The van der Waals surface area contributed by atoms with Crippen molar-refractivity contribution in [2.24, 2.45) is 7.05 Å². The van der Waals surface area contributed by atoms with Gasteiger partial charge >= 0.3 is 0 Å². The van der Waals surface area contributed by atoms with E-state index >= 15 is 0 Å². The van der Waals surface area contributed by atoms with Crippen LogP contribution in [0.5, 0.6) is 11.5 Å². The molecule has 0 bridgehead atoms. The van der Waals surface area contributed by atoms with Crippen molar-refractivity contribution in [1.29, 1.82) is 0 Å². The first-order valence-electron chi connectivity index (χ1n) is 10.9. The van der Waals surface area contributed by atoms with E-state index in [4.69, 9.17) is 9.47 Å². The minimum absolute atomic E-state index is 0.123. The number of aromatic nitrogens is 3. The Balaban J connectivity index is 1.27. The summed E-state index contributed by atoms with van der Waals surface area (Å²) in [7, 11) is 3.51. The molecule has 1 aromatic heterocycles. The van der Waals surface area contributed by atoms with Gasteiger partial charge in [0.2, 0.25) is 5.91 Å². The van der Waals surface area contributed by atoms with Crippen LogP contribution in [-0.2, 0) is 18.4 Å². The second-order valence-corrected chi connectivity index (χ2v) is 8.84. The van der Waals surface area contributed by atoms with E-state index in [1.807, 2.05) is 59.8 Å². The third kappa shape index (κ3) is 5.60. The highest BCUT2D eigenvalue weighted by molar-refractivity contribution is 7.99. The third-order valence-corrected chi connectivity index (χ3v) is 6.68. The van der Waals surface area contributed by atoms with Gasteiger partial charge in [0.1, 0.15) is 6.61 Å². The average molecular weight is 468 g/mol. The second kappa shape index (κ2) is 10.6. The summed E-state index contributed by atoms with van der Waals surface area (Å²) in [6.07, 6.45) is 0. The van der Waals surface area contributed by atoms with Gasteiger partial charge in [0.15, 0.2) is 22.5 Å². The molecule has 1 saturated heterocycles. The lowest BCUT2D eigenvalue weighted by Gasteiger charge is -2.36. The number of hydrogen-bond acceptors (Lipinski definition) is 7. The fraction of sp³-hybridized carbons (Fsp3) is 0.375. The maximum atomic E-state index is 12.7. The molecule has 0 unspecified atom stereocenters. The van der Waals surface area contributed by atoms with E-state index in [1.165, 1.54) is 17.4 Å². The molecule has 0 N–H and O–H groups in total. The van der Waals surface area contributed by atoms with E-state index in [2.05, 4.69) is 27.2 Å². The summed E-state index contributed by atoms with van der Waals surface area (Å²) >= 11 is 1.40. The molecule has 33 heavy (non-hydrogen) atoms. The fourth-order valence-corrected chi connectivity index (χ4v) is 4.54. The Kier molecular flexibility index (Phi) is 7.39. The molecule has 0 saturated carbocycles. The van der Waals surface area contributed by atoms with Crippen molar-refractivity contribution in [2.75, 3.05) is 43.9 Å². The summed E-state index contributed by atoms with van der Waals surface area (Å²) in [5, 5.41) is 9.17. The molecule has 174 valence electrons. The Hall–Kier alpha value is -3.20. The van der Waals surface area contributed by atoms with Gasteiger partial charge in [-0.3, -0.25) is 4.79 Å². The zero-order valence-corrected chi connectivity index (χ0v) is 20.0. The normalized spacial score (nSPS) is 13.8. The lowest BCUT2D eigenvalue weighted by Crippen LogP contribution is -2.49. The Morgan fingerprint density at radius 3 is 2.52 bits per heavy atom. The summed E-state index contributed by atoms with van der Waals surface area (Å²) in [6.45, 7) is 5.40. The van der Waals surface area contributed by atoms with Crippen molar-refractivity contribution < 1.29 is 14.3 Å². The summed E-state index contributed by atoms with van der Waals surface area (Å²) in [4.78, 5) is 17.0. The summed E-state index contributed by atoms with van der Waals surface area (Å²) in [6, 6.07) is 16.1. The number of thioether (sulfide) groups is 1. The van der Waals surface area contributed by atoms with Crippen LogP contribution in [0.3, 0.4) is 0 Å². The SMILES string of the molecule is COc1cc(C)ccc1OCc1nnc(SCC(=O)N2CCN(c3ccccc3)CC2)n1C. The molecule has 2 heterocycles. The standard InChI is InChI=1S/C24H29N5O3S/c1-18-9-10-20(21(15-18)31-3)32-16-22-25-26-24(27(22)2)33-17-23(30)29-13-11-28(12-14-29)19-7-5-4-6-8-19/h4-10,15H,11-14,16-17H2,1-3H3. The number of piperazine rings is 1. The molecule has 0 atom stereocenters. The number of ether oxygens (including phenoxy) is 2. The number of rotatable bonds is 8. The van der Waals surface area contributed by atoms with Crippen molar-refractivity contribution in [3.05, 3.63) is 59.9 Å². The smallest absolute Gasteiger partial charge is 0.233 e. The molecule has 1 fully saturated rings. The van der Waals surface area contributed by atoms with E-state index in [0.29, 0.717) is 28.2 Å². The number of methoxy groups -OCH3 is 1. The molecule has 1 aliphatic heterocycles. The molecule has 8 nitrogen and oxygen atoms in total. The Morgan fingerprint density at radius 1 is 1.03 bits per heavy atom. The van der Waals surface area contributed by atoms with Gasteiger partial charge in [0.05, 0.1) is 12.9 Å². The molecule has 9 heteroatoms. The van der Waals surface area contributed by atoms with Crippen LogP contribution in [0.15, 0.2) is 53.7 Å². The minimum Gasteiger partial charge on any atom is -0.493 e. The van der Waals surface area contributed by atoms with Gasteiger partial charge in [-0.1, -0.05) is 36.0 Å². The Morgan fingerprint density at radius 2 is 1.79 bits per heavy atom. The van der Waals surface area contributed by atoms with Crippen LogP contribution in [0.2, 0.25) is 0 Å². The summed E-state index contributed by atoms with van der Waals surface area (Å²) < 4.78 is 13.1. The van der Waals surface area contributed by atoms with Crippen LogP contribution in [0, 0.1) is 6.92 Å². The monoisotopic (exact) mass is 467 g/mol. The van der Waals surface area contributed by atoms with E-state index in [9.17, 15) is 4.79 Å². The maximum Gasteiger partial charge on any atom is 0.233 e. The molecule has 0 spiro atoms. The number of anilines is 1. The molecular weight excluding hydrogens is 438 g/mol. The van der Waals surface area contributed by atoms with Gasteiger partial charge in [-0.05, 0) is 36.8 Å². The first kappa shape index (κ1) is 23.0. The van der Waals surface area contributed by atoms with E-state index < -0.39 is 0 Å². The van der Waals surface area contributed by atoms with Gasteiger partial charge in [0, 0.05) is 38.9 Å². The number of para-hydroxylation sites is 1. The van der Waals surface area contributed by atoms with Crippen LogP contribution in [0.1, 0.15) is 11.4 Å². The Bertz CT molecular complexity index is 1080. The molecule has 1 aliphatic rings. The number of carbonyl (C=O) groups excluding carboxylic acids is 1. The molecule has 0 radical (unpaired) electrons. The van der Waals surface area contributed by atoms with Crippen LogP contribution in [0.25, 0.3) is 0 Å². The highest BCUT2D eigenvalue weighted by Crippen LogP contribution is 2.28. The van der Waals surface area contributed by atoms with Crippen LogP contribution in [-0.4, -0.2) is 64.6 Å². The molecule has 2 aromatic carbocycles. The zero-order chi connectivity index (χ0) is 23.2. The number of benzene rings is 2. The molecular formula is C24H29N5O3S. The number of aryl methyl sites for hydroxylation is 1. The predicted molar refractivity (Wildman–Crippen MR) is 129 cm³/mol. The van der Waals surface area contributed by atoms with Gasteiger partial charge < -0.3 is 23.8 Å². The molecule has 0 aliphatic carbocycles. The number of hydrogen-bond donors (Lipinski definition) is 0. The van der Waals surface area contributed by atoms with Crippen molar-refractivity contribution in [1.82, 2.24) is 19.7 Å². The van der Waals surface area contributed by atoms with Crippen LogP contribution >= 0.6 is 11.8 Å². The van der Waals surface area contributed by atoms with Gasteiger partial charge in [-0.2, -0.15) is 0 Å². The summed E-state index contributed by atoms with van der Waals surface area (Å²) in [5.41, 5.74) is 2.30. The number of nitrogens with zero attached hydrogens (tertiary/aromatic N) is 5. The van der Waals surface area contributed by atoms with Crippen molar-refractivity contribution in [2.45, 2.75) is 18.7 Å². The van der Waals surface area contributed by atoms with Crippen LogP contribution in [0.4, 0.5) is 5.69 Å². The zero-order valence-electron chi connectivity index (χ0n) is 19.2. The van der Waals surface area contributed by atoms with E-state index in [1.54, 1.807) is 7.11 Å². The lowest BCUT2D eigenvalue weighted by molar-refractivity contribution is -0.128. The van der Waals surface area contributed by atoms with Crippen LogP contribution < -0.4 is 14.4 Å². The number of amides is 1. The molecule has 1 amide bonds. The lowest BCUT2D eigenvalue weighted by atomic mass is 10.2. The van der Waals surface area contributed by atoms with E-state index in [-0.39, 0.29) is 12.5 Å². The summed E-state index contributed by atoms with van der Waals surface area (Å²) in [5.74, 6) is 2.49. The fourth-order valence-electron chi connectivity index (χ4n) is 3.70. The maximum absolute atomic E-state index is 12.7. The second-order valence-electron chi connectivity index (χ2n) is 7.89. The van der Waals surface area contributed by atoms with Gasteiger partial charge in [0.25, 0.3) is 0 Å². The highest BCUT2D eigenvalue weighted by Gasteiger charge is 2.22. The van der Waals surface area contributed by atoms with Crippen molar-refractivity contribution in [3.8, 4) is 11.5 Å². The molecule has 4 rings (SSSR count). The molecule has 3 aromatic rings. The quantitative estimate of drug-likeness (QED) is 0.471. The van der Waals surface area contributed by atoms with Gasteiger partial charge in [-0.25, -0.2) is 0 Å². The average Bonchev–Trinajstić information content (AvgIpc) is 3.21. The van der Waals surface area contributed by atoms with Gasteiger partial charge in [-0.15, -0.1) is 10.2 Å². The topological polar surface area (TPSA) is 72.7 Å². The van der Waals surface area contributed by atoms with E-state index in [0.717, 1.165) is 31.7 Å². The Labute approximate surface area is 198 Å². The minimum atomic E-state index is 0.123. The number of carbonyl (C=O) groups is 1. The van der Waals surface area contributed by atoms with Crippen molar-refractivity contribution >= 4 is 23.4 Å². The van der Waals surface area contributed by atoms with Crippen molar-refractivity contribution in [3.63, 3.8) is 0 Å². The predicted octanol–water partition coefficient (Wildman–Crippen LogP) is 3.15. The largest absolute Gasteiger partial charge is 0.493 e.